The van der Waals surface area contributed by atoms with Crippen molar-refractivity contribution in [1.29, 1.82) is 0 Å². The fourth-order valence-electron chi connectivity index (χ4n) is 6.99. The van der Waals surface area contributed by atoms with Crippen molar-refractivity contribution in [3.8, 4) is 11.3 Å². The largest absolute Gasteiger partial charge is 0.481 e. The van der Waals surface area contributed by atoms with Crippen LogP contribution in [0.1, 0.15) is 63.5 Å². The highest BCUT2D eigenvalue weighted by atomic mass is 32.2. The van der Waals surface area contributed by atoms with E-state index < -0.39 is 31.6 Å². The minimum atomic E-state index is -4.50. The smallest absolute Gasteiger partial charge is 0.303 e. The van der Waals surface area contributed by atoms with Gasteiger partial charge in [0.25, 0.3) is 20.2 Å². The number of unbranched alkanes of at least 4 members (excludes halogenated alkanes) is 2. The standard InChI is InChI=1S/C41H56N2O13S2/c1-4-42(19-9-29-57(46,47)48)33-13-15-35-32(17-21-56-38(35)30-33)10-8-11-39-41(2,18-22-53-25-26-55-28-27-54-24-23-52-3)36-31-34(58(49,50)51)14-16-37(36)43(39)20-7-5-6-12-40(44)45/h8,10-11,13-17,21,30-31H,4-7,9,12,18-20,22-29H2,1-3H3,(H2-,44,45,46,47,48,49,50,51)/p+1. The molecule has 17 heteroatoms. The van der Waals surface area contributed by atoms with E-state index in [-0.39, 0.29) is 23.5 Å². The van der Waals surface area contributed by atoms with Gasteiger partial charge in [-0.15, -0.1) is 0 Å². The normalized spacial score (nSPS) is 17.1. The molecule has 0 spiro atoms. The highest BCUT2D eigenvalue weighted by Gasteiger charge is 2.43. The Morgan fingerprint density at radius 1 is 0.897 bits per heavy atom. The summed E-state index contributed by atoms with van der Waals surface area (Å²) in [6.07, 6.45) is 10.2. The monoisotopic (exact) mass is 849 g/mol. The fraction of sp³-hybridized carbons (Fsp3) is 0.512. The number of carboxylic acid groups (broad SMARTS) is 1. The number of rotatable bonds is 26. The van der Waals surface area contributed by atoms with Crippen LogP contribution in [0.4, 0.5) is 5.69 Å². The quantitative estimate of drug-likeness (QED) is 0.0547. The molecule has 4 rings (SSSR count). The SMILES string of the molecule is CC[N+](CCCS(=O)(=O)O)=c1ccc2c(/C=C/C=C3/N(CCCCCC(=O)O)c4ccc(S(=O)(=O)O)cc4C3(C)CCOCCOCCOCCOC)ccoc-2c1. The third-order valence-corrected chi connectivity index (χ3v) is 11.7. The Kier molecular flexibility index (Phi) is 18.1. The van der Waals surface area contributed by atoms with Crippen LogP contribution in [0.25, 0.3) is 17.4 Å². The number of fused-ring (bicyclic) bond motifs is 2. The molecule has 0 saturated heterocycles. The van der Waals surface area contributed by atoms with Gasteiger partial charge in [0.05, 0.1) is 62.6 Å². The van der Waals surface area contributed by atoms with Gasteiger partial charge in [0.2, 0.25) is 5.36 Å². The number of carboxylic acids is 1. The lowest BCUT2D eigenvalue weighted by Gasteiger charge is -2.30. The number of ether oxygens (including phenoxy) is 4. The van der Waals surface area contributed by atoms with Crippen LogP contribution in [-0.4, -0.2) is 116 Å². The summed E-state index contributed by atoms with van der Waals surface area (Å²) < 4.78 is 96.2. The third-order valence-electron chi connectivity index (χ3n) is 10.0. The zero-order valence-electron chi connectivity index (χ0n) is 33.5. The molecule has 1 aromatic carbocycles. The lowest BCUT2D eigenvalue weighted by Crippen LogP contribution is -2.31. The van der Waals surface area contributed by atoms with Crippen LogP contribution >= 0.6 is 0 Å². The Labute approximate surface area is 341 Å². The summed E-state index contributed by atoms with van der Waals surface area (Å²) in [6.45, 7) is 8.47. The first-order valence-corrected chi connectivity index (χ1v) is 22.5. The molecule has 0 radical (unpaired) electrons. The maximum absolute atomic E-state index is 12.3. The lowest BCUT2D eigenvalue weighted by atomic mass is 9.78. The molecule has 3 N–H and O–H groups in total. The molecule has 320 valence electrons. The molecule has 58 heavy (non-hydrogen) atoms. The van der Waals surface area contributed by atoms with E-state index >= 15 is 0 Å². The van der Waals surface area contributed by atoms with Crippen LogP contribution in [0, 0.1) is 0 Å². The minimum Gasteiger partial charge on any atom is -0.481 e. The zero-order chi connectivity index (χ0) is 42.2. The first-order valence-electron chi connectivity index (χ1n) is 19.4. The van der Waals surface area contributed by atoms with Crippen molar-refractivity contribution in [3.63, 3.8) is 0 Å². The molecule has 1 atom stereocenters. The van der Waals surface area contributed by atoms with Gasteiger partial charge in [-0.05, 0) is 80.6 Å². The second-order valence-electron chi connectivity index (χ2n) is 14.1. The van der Waals surface area contributed by atoms with Crippen molar-refractivity contribution in [2.24, 2.45) is 0 Å². The van der Waals surface area contributed by atoms with Crippen molar-refractivity contribution >= 4 is 38.0 Å². The van der Waals surface area contributed by atoms with Gasteiger partial charge in [-0.2, -0.15) is 16.8 Å². The maximum Gasteiger partial charge on any atom is 0.303 e. The number of carbonyl (C=O) groups is 1. The number of anilines is 1. The maximum atomic E-state index is 12.3. The Balaban J connectivity index is 1.64. The Hall–Kier alpha value is -3.94. The molecule has 2 aliphatic heterocycles. The zero-order valence-corrected chi connectivity index (χ0v) is 35.1. The van der Waals surface area contributed by atoms with Crippen molar-refractivity contribution in [2.75, 3.05) is 83.6 Å². The van der Waals surface area contributed by atoms with Gasteiger partial charge in [-0.3, -0.25) is 13.9 Å². The molecule has 0 saturated carbocycles. The van der Waals surface area contributed by atoms with Gasteiger partial charge in [0.1, 0.15) is 18.8 Å². The van der Waals surface area contributed by atoms with Gasteiger partial charge in [0, 0.05) is 61.5 Å². The summed E-state index contributed by atoms with van der Waals surface area (Å²) in [5.41, 5.74) is 3.36. The molecule has 1 aliphatic carbocycles. The molecule has 1 unspecified atom stereocenters. The van der Waals surface area contributed by atoms with Gasteiger partial charge in [-0.25, -0.2) is 4.58 Å². The highest BCUT2D eigenvalue weighted by molar-refractivity contribution is 7.86. The van der Waals surface area contributed by atoms with Crippen LogP contribution < -0.4 is 14.8 Å². The van der Waals surface area contributed by atoms with E-state index in [9.17, 15) is 26.2 Å². The van der Waals surface area contributed by atoms with E-state index in [1.54, 1.807) is 19.4 Å². The fourth-order valence-corrected chi connectivity index (χ4v) is 7.99. The second kappa shape index (κ2) is 22.4. The summed E-state index contributed by atoms with van der Waals surface area (Å²) in [5, 5.41) is 10.0. The minimum absolute atomic E-state index is 0.0721. The van der Waals surface area contributed by atoms with Crippen LogP contribution in [0.15, 0.2) is 75.9 Å². The molecular formula is C41H57N2O13S2+. The lowest BCUT2D eigenvalue weighted by molar-refractivity contribution is -0.137. The van der Waals surface area contributed by atoms with Crippen molar-refractivity contribution in [1.82, 2.24) is 4.58 Å². The molecule has 3 aliphatic rings. The first-order chi connectivity index (χ1) is 27.7. The third kappa shape index (κ3) is 13.8. The first kappa shape index (κ1) is 46.7. The number of nitrogens with zero attached hydrogens (tertiary/aromatic N) is 2. The van der Waals surface area contributed by atoms with Gasteiger partial charge in [0.15, 0.2) is 0 Å². The van der Waals surface area contributed by atoms with Crippen molar-refractivity contribution in [2.45, 2.75) is 62.7 Å². The molecule has 0 bridgehead atoms. The number of benzene rings is 2. The van der Waals surface area contributed by atoms with Crippen LogP contribution in [-0.2, 0) is 49.4 Å². The van der Waals surface area contributed by atoms with Gasteiger partial charge < -0.3 is 33.4 Å². The molecule has 0 amide bonds. The van der Waals surface area contributed by atoms with Gasteiger partial charge in [-0.1, -0.05) is 18.6 Å². The summed E-state index contributed by atoms with van der Waals surface area (Å²) >= 11 is 0. The van der Waals surface area contributed by atoms with Crippen molar-refractivity contribution in [3.05, 3.63) is 83.1 Å². The summed E-state index contributed by atoms with van der Waals surface area (Å²) in [6, 6.07) is 12.2. The Bertz CT molecular complexity index is 2130. The predicted molar refractivity (Wildman–Crippen MR) is 220 cm³/mol. The average molecular weight is 850 g/mol. The Morgan fingerprint density at radius 2 is 1.60 bits per heavy atom. The summed E-state index contributed by atoms with van der Waals surface area (Å²) in [4.78, 5) is 13.1. The number of hydrogen-bond donors (Lipinski definition) is 3. The summed E-state index contributed by atoms with van der Waals surface area (Å²) in [7, 11) is -6.95. The van der Waals surface area contributed by atoms with E-state index in [4.69, 9.17) is 33.0 Å². The van der Waals surface area contributed by atoms with E-state index in [2.05, 4.69) is 4.90 Å². The topological polar surface area (TPSA) is 202 Å². The second-order valence-corrected chi connectivity index (χ2v) is 17.1. The van der Waals surface area contributed by atoms with Gasteiger partial charge >= 0.3 is 5.97 Å². The Morgan fingerprint density at radius 3 is 2.26 bits per heavy atom. The van der Waals surface area contributed by atoms with Crippen molar-refractivity contribution < 1.29 is 59.2 Å². The van der Waals surface area contributed by atoms with Crippen LogP contribution in [0.5, 0.6) is 0 Å². The molecule has 0 fully saturated rings. The number of aliphatic carboxylic acids is 1. The highest BCUT2D eigenvalue weighted by Crippen LogP contribution is 2.51. The number of allylic oxidation sites excluding steroid dienone is 3. The molecule has 1 aromatic rings. The predicted octanol–water partition coefficient (Wildman–Crippen LogP) is 5.11. The number of hydrogen-bond acceptors (Lipinski definition) is 11. The van der Waals surface area contributed by atoms with Crippen LogP contribution in [0.2, 0.25) is 0 Å². The van der Waals surface area contributed by atoms with Crippen LogP contribution in [0.3, 0.4) is 0 Å². The van der Waals surface area contributed by atoms with E-state index in [1.165, 1.54) is 12.1 Å². The molecular weight excluding hydrogens is 793 g/mol. The average Bonchev–Trinajstić information content (AvgIpc) is 3.40. The number of methoxy groups -OCH3 is 1. The van der Waals surface area contributed by atoms with E-state index in [0.29, 0.717) is 97.3 Å². The molecule has 2 heterocycles. The molecule has 0 aromatic heterocycles. The van der Waals surface area contributed by atoms with E-state index in [0.717, 1.165) is 33.4 Å². The van der Waals surface area contributed by atoms with E-state index in [1.807, 2.05) is 60.9 Å². The molecule has 15 nitrogen and oxygen atoms in total. The summed E-state index contributed by atoms with van der Waals surface area (Å²) in [5.74, 6) is -0.549.